The van der Waals surface area contributed by atoms with Crippen molar-refractivity contribution in [2.75, 3.05) is 58.2 Å². The summed E-state index contributed by atoms with van der Waals surface area (Å²) in [5.74, 6) is -13.3. The van der Waals surface area contributed by atoms with Crippen molar-refractivity contribution >= 4 is 98.5 Å². The van der Waals surface area contributed by atoms with Gasteiger partial charge in [-0.3, -0.25) is 76.3 Å². The molecule has 520 valence electrons. The van der Waals surface area contributed by atoms with Crippen LogP contribution in [0.1, 0.15) is 109 Å². The number of phenols is 1. The van der Waals surface area contributed by atoms with Gasteiger partial charge in [0.15, 0.2) is 0 Å². The number of carbonyl (C=O) groups is 13. The van der Waals surface area contributed by atoms with Crippen molar-refractivity contribution in [1.82, 2.24) is 67.5 Å². The van der Waals surface area contributed by atoms with Crippen LogP contribution in [-0.2, 0) is 86.1 Å². The topological polar surface area (TPSA) is 479 Å². The fourth-order valence-electron chi connectivity index (χ4n) is 12.8. The Kier molecular flexibility index (Phi) is 25.0. The van der Waals surface area contributed by atoms with Crippen molar-refractivity contribution in [1.29, 1.82) is 0 Å². The molecule has 6 heterocycles. The zero-order valence-electron chi connectivity index (χ0n) is 53.4. The van der Waals surface area contributed by atoms with Gasteiger partial charge in [-0.05, 0) is 74.5 Å². The lowest BCUT2D eigenvalue weighted by Gasteiger charge is -2.32. The molecule has 0 radical (unpaired) electrons. The highest BCUT2D eigenvalue weighted by Crippen LogP contribution is 2.37. The van der Waals surface area contributed by atoms with Crippen LogP contribution in [0.5, 0.6) is 5.75 Å². The van der Waals surface area contributed by atoms with Gasteiger partial charge in [-0.25, -0.2) is 0 Å². The number of aromatic nitrogens is 1. The van der Waals surface area contributed by atoms with E-state index in [1.807, 2.05) is 4.90 Å². The SMILES string of the molecule is CC[C@H](C)[C@@H]1NC(=O)CNC(=O)[C@H]2Cc3c([nH]c4c(CN5CC5CCNC(=O)CCCCCNC(=O)C5CCC(CN6C(=O)C=CC6=O)CC5)c(O)ccc34)S(=O)C[C@@H](NC(=O)CNC1=O)C(=O)N[C@@H](CC(N)=O)C(=O)N1C[C@H](O)C[C@H]1C(=O)N[C@@H]([C@H](C)[C@H](O)CO)C(=O)N2. The van der Waals surface area contributed by atoms with Gasteiger partial charge in [-0.1, -0.05) is 33.6 Å². The number of rotatable bonds is 21. The van der Waals surface area contributed by atoms with Gasteiger partial charge in [0.1, 0.15) is 47.0 Å². The molecular weight excluding hydrogens is 1260 g/mol. The highest BCUT2D eigenvalue weighted by molar-refractivity contribution is 7.85. The molecule has 95 heavy (non-hydrogen) atoms. The summed E-state index contributed by atoms with van der Waals surface area (Å²) in [6.07, 6.45) is 3.41. The Hall–Kier alpha value is -8.40. The number of H-pyrrole nitrogens is 1. The lowest BCUT2D eigenvalue weighted by molar-refractivity contribution is -0.144. The molecule has 3 fully saturated rings. The number of benzene rings is 1. The van der Waals surface area contributed by atoms with E-state index in [9.17, 15) is 82.8 Å². The van der Waals surface area contributed by atoms with E-state index >= 15 is 4.21 Å². The maximum Gasteiger partial charge on any atom is 0.253 e. The van der Waals surface area contributed by atoms with E-state index in [-0.39, 0.29) is 87.3 Å². The number of aliphatic hydroxyl groups is 3. The van der Waals surface area contributed by atoms with E-state index < -0.39 is 176 Å². The first-order valence-corrected chi connectivity index (χ1v) is 33.7. The number of hydrogen-bond acceptors (Lipinski definition) is 19. The normalized spacial score (nSPS) is 28.4. The fourth-order valence-corrected chi connectivity index (χ4v) is 14.2. The summed E-state index contributed by atoms with van der Waals surface area (Å²) in [6.45, 7) is 3.32. The average molecular weight is 1350 g/mol. The molecule has 13 atom stereocenters. The molecule has 1 saturated carbocycles. The van der Waals surface area contributed by atoms with Crippen LogP contribution in [0.2, 0.25) is 0 Å². The van der Waals surface area contributed by atoms with Crippen LogP contribution >= 0.6 is 0 Å². The highest BCUT2D eigenvalue weighted by atomic mass is 32.2. The molecule has 2 aromatic rings. The minimum Gasteiger partial charge on any atom is -0.508 e. The third-order valence-corrected chi connectivity index (χ3v) is 20.2. The predicted octanol–water partition coefficient (Wildman–Crippen LogP) is -4.82. The van der Waals surface area contributed by atoms with Crippen LogP contribution in [0.15, 0.2) is 29.3 Å². The number of imide groups is 1. The lowest BCUT2D eigenvalue weighted by Crippen LogP contribution is -2.62. The highest BCUT2D eigenvalue weighted by Gasteiger charge is 2.46. The van der Waals surface area contributed by atoms with Crippen LogP contribution in [0, 0.1) is 23.7 Å². The first-order valence-electron chi connectivity index (χ1n) is 32.4. The second-order valence-electron chi connectivity index (χ2n) is 25.6. The smallest absolute Gasteiger partial charge is 0.253 e. The lowest BCUT2D eigenvalue weighted by atomic mass is 9.81. The van der Waals surface area contributed by atoms with Crippen molar-refractivity contribution in [3.63, 3.8) is 0 Å². The number of nitrogens with one attached hydrogen (secondary N) is 10. The second-order valence-corrected chi connectivity index (χ2v) is 27.0. The first-order chi connectivity index (χ1) is 45.2. The number of aromatic hydroxyl groups is 1. The summed E-state index contributed by atoms with van der Waals surface area (Å²) in [5, 5.41) is 66.9. The summed E-state index contributed by atoms with van der Waals surface area (Å²) < 4.78 is 15.3. The molecule has 32 nitrogen and oxygen atoms in total. The van der Waals surface area contributed by atoms with E-state index in [4.69, 9.17) is 5.73 Å². The Bertz CT molecular complexity index is 3320. The van der Waals surface area contributed by atoms with Crippen molar-refractivity contribution in [2.24, 2.45) is 29.4 Å². The Balaban J connectivity index is 1.02. The maximum absolute atomic E-state index is 15.3. The molecule has 8 rings (SSSR count). The molecular formula is C62H88N14O18S. The third kappa shape index (κ3) is 18.8. The van der Waals surface area contributed by atoms with Gasteiger partial charge < -0.3 is 83.9 Å². The molecule has 2 saturated heterocycles. The first kappa shape index (κ1) is 72.4. The van der Waals surface area contributed by atoms with Crippen molar-refractivity contribution in [3.8, 4) is 5.75 Å². The molecule has 1 aromatic heterocycles. The molecule has 6 aliphatic rings. The molecule has 0 spiro atoms. The van der Waals surface area contributed by atoms with E-state index in [0.29, 0.717) is 71.1 Å². The number of nitrogens with two attached hydrogens (primary N) is 1. The number of carbonyl (C=O) groups excluding carboxylic acids is 13. The van der Waals surface area contributed by atoms with Gasteiger partial charge in [0.25, 0.3) is 11.8 Å². The Labute approximate surface area is 550 Å². The third-order valence-electron chi connectivity index (χ3n) is 18.7. The number of phenolic OH excluding ortho intramolecular Hbond substituents is 1. The number of fused-ring (bicyclic) bond motifs is 5. The van der Waals surface area contributed by atoms with Crippen LogP contribution < -0.4 is 53.6 Å². The zero-order valence-corrected chi connectivity index (χ0v) is 54.2. The Morgan fingerprint density at radius 3 is 2.16 bits per heavy atom. The minimum absolute atomic E-state index is 0.0265. The average Bonchev–Trinajstić information content (AvgIpc) is 1.61. The van der Waals surface area contributed by atoms with Crippen molar-refractivity contribution in [3.05, 3.63) is 35.4 Å². The van der Waals surface area contributed by atoms with Gasteiger partial charge in [0.2, 0.25) is 65.0 Å². The van der Waals surface area contributed by atoms with Gasteiger partial charge in [0, 0.05) is 99.5 Å². The predicted molar refractivity (Wildman–Crippen MR) is 337 cm³/mol. The van der Waals surface area contributed by atoms with Gasteiger partial charge in [0.05, 0.1) is 60.4 Å². The van der Waals surface area contributed by atoms with Crippen molar-refractivity contribution < 1.29 is 87.0 Å². The summed E-state index contributed by atoms with van der Waals surface area (Å²) in [5.41, 5.74) is 6.08. The summed E-state index contributed by atoms with van der Waals surface area (Å²) in [6, 6.07) is -7.61. The minimum atomic E-state index is -2.50. The molecule has 33 heteroatoms. The molecule has 2 bridgehead atoms. The van der Waals surface area contributed by atoms with E-state index in [2.05, 4.69) is 52.8 Å². The van der Waals surface area contributed by atoms with Gasteiger partial charge in [-0.15, -0.1) is 0 Å². The van der Waals surface area contributed by atoms with Gasteiger partial charge in [-0.2, -0.15) is 0 Å². The van der Waals surface area contributed by atoms with E-state index in [1.54, 1.807) is 13.8 Å². The van der Waals surface area contributed by atoms with Crippen molar-refractivity contribution in [2.45, 2.75) is 170 Å². The molecule has 16 N–H and O–H groups in total. The number of aromatic amines is 1. The fraction of sp³-hybridized carbons (Fsp3) is 0.629. The number of unbranched alkanes of at least 4 members (excludes halogenated alkanes) is 2. The number of primary amides is 1. The second kappa shape index (κ2) is 32.8. The molecule has 13 amide bonds. The van der Waals surface area contributed by atoms with Crippen LogP contribution in [0.25, 0.3) is 10.9 Å². The Morgan fingerprint density at radius 1 is 0.779 bits per heavy atom. The standard InChI is InChI=1S/C62H88N14O18S/c1-4-31(2)52-59(91)67-23-48(83)68-42-30-95(94)61-38(21-40(56(88)66-24-49(84)71-52)69-60(92)53(32(3)45(80)29-77)72-58(90)43-20-36(78)27-75(43)62(93)41(22-46(63)81)70-57(42)89)37-13-14-44(79)39(54(37)73-61)28-74-26-35(74)17-19-64-47(82)8-6-5-7-18-65-55(87)34-11-9-33(10-12-34)25-76-50(85)15-16-51(76)86/h13-16,31-36,40-43,45,52-53,73,77-80H,4-12,17-30H2,1-3H3,(H2,63,81)(H,64,82)(H,65,87)(H,66,88)(H,67,91)(H,68,83)(H,69,92)(H,70,89)(H,71,84)(H,72,90)/t31-,32+,33?,34?,35?,36+,40+,41-,42+,43-,45+,52-,53-,74?,95?/m0/s1. The quantitative estimate of drug-likeness (QED) is 0.0317. The van der Waals surface area contributed by atoms with E-state index in [1.165, 1.54) is 36.1 Å². The van der Waals surface area contributed by atoms with E-state index in [0.717, 1.165) is 17.7 Å². The zero-order chi connectivity index (χ0) is 68.9. The Morgan fingerprint density at radius 2 is 1.47 bits per heavy atom. The summed E-state index contributed by atoms with van der Waals surface area (Å²) in [4.78, 5) is 184. The maximum atomic E-state index is 15.3. The molecule has 5 aliphatic heterocycles. The van der Waals surface area contributed by atoms with Crippen LogP contribution in [0.4, 0.5) is 0 Å². The van der Waals surface area contributed by atoms with Crippen LogP contribution in [0.3, 0.4) is 0 Å². The summed E-state index contributed by atoms with van der Waals surface area (Å²) >= 11 is 0. The monoisotopic (exact) mass is 1350 g/mol. The largest absolute Gasteiger partial charge is 0.508 e. The van der Waals surface area contributed by atoms with Crippen LogP contribution in [-0.4, -0.2) is 234 Å². The molecule has 1 aromatic carbocycles. The number of nitrogens with zero attached hydrogens (tertiary/aromatic N) is 3. The number of amides is 13. The number of hydrogen-bond donors (Lipinski definition) is 15. The summed E-state index contributed by atoms with van der Waals surface area (Å²) in [7, 11) is -2.50. The number of aliphatic hydroxyl groups excluding tert-OH is 3. The molecule has 1 aliphatic carbocycles. The molecule has 3 unspecified atom stereocenters. The van der Waals surface area contributed by atoms with Gasteiger partial charge >= 0.3 is 0 Å².